The summed E-state index contributed by atoms with van der Waals surface area (Å²) < 4.78 is 11.0. The monoisotopic (exact) mass is 350 g/mol. The number of nitrogens with one attached hydrogen (secondary N) is 1. The Balaban J connectivity index is 0.00000288. The van der Waals surface area contributed by atoms with Crippen LogP contribution in [-0.4, -0.2) is 11.7 Å². The van der Waals surface area contributed by atoms with Crippen LogP contribution < -0.4 is 15.8 Å². The minimum absolute atomic E-state index is 0. The highest BCUT2D eigenvalue weighted by Crippen LogP contribution is 2.28. The summed E-state index contributed by atoms with van der Waals surface area (Å²) in [6, 6.07) is 14.8. The largest absolute Gasteiger partial charge is 0.487 e. The number of hydrogen-bond acceptors (Lipinski definition) is 4. The first-order valence-electron chi connectivity index (χ1n) is 7.40. The van der Waals surface area contributed by atoms with Crippen LogP contribution in [0, 0.1) is 0 Å². The van der Waals surface area contributed by atoms with Gasteiger partial charge in [0.2, 0.25) is 0 Å². The van der Waals surface area contributed by atoms with Crippen molar-refractivity contribution in [2.45, 2.75) is 33.0 Å². The molecular weight excluding hydrogens is 328 g/mol. The third kappa shape index (κ3) is 6.38. The third-order valence-electron chi connectivity index (χ3n) is 2.88. The van der Waals surface area contributed by atoms with Gasteiger partial charge in [-0.15, -0.1) is 12.4 Å². The van der Waals surface area contributed by atoms with Crippen molar-refractivity contribution in [3.8, 4) is 5.75 Å². The zero-order valence-electron chi connectivity index (χ0n) is 14.0. The predicted octanol–water partition coefficient (Wildman–Crippen LogP) is 4.62. The standard InChI is InChI=1S/C18H22N2O3.ClH/c1-18(2,3)23-17(21)20-15-10-9-14(19)11-16(15)22-12-13-7-5-4-6-8-13;/h4-11H,12,19H2,1-3H3,(H,20,21);1H. The van der Waals surface area contributed by atoms with E-state index in [0.717, 1.165) is 5.56 Å². The number of nitrogens with two attached hydrogens (primary N) is 1. The number of halogens is 1. The molecule has 0 aliphatic heterocycles. The number of carbonyl (C=O) groups is 1. The van der Waals surface area contributed by atoms with Crippen LogP contribution in [0.15, 0.2) is 48.5 Å². The van der Waals surface area contributed by atoms with Gasteiger partial charge in [0.05, 0.1) is 5.69 Å². The Hall–Kier alpha value is -2.40. The van der Waals surface area contributed by atoms with Crippen LogP contribution in [0.4, 0.5) is 16.2 Å². The second kappa shape index (κ2) is 8.45. The molecule has 6 heteroatoms. The van der Waals surface area contributed by atoms with Gasteiger partial charge in [0, 0.05) is 11.8 Å². The molecule has 0 saturated heterocycles. The van der Waals surface area contributed by atoms with Crippen LogP contribution in [0.5, 0.6) is 5.75 Å². The van der Waals surface area contributed by atoms with Crippen LogP contribution in [-0.2, 0) is 11.3 Å². The molecular formula is C18H23ClN2O3. The number of anilines is 2. The number of benzene rings is 2. The molecule has 3 N–H and O–H groups in total. The van der Waals surface area contributed by atoms with E-state index >= 15 is 0 Å². The van der Waals surface area contributed by atoms with Crippen LogP contribution in [0.1, 0.15) is 26.3 Å². The van der Waals surface area contributed by atoms with Crippen molar-refractivity contribution in [3.05, 3.63) is 54.1 Å². The fraction of sp³-hybridized carbons (Fsp3) is 0.278. The van der Waals surface area contributed by atoms with Crippen LogP contribution in [0.3, 0.4) is 0 Å². The van der Waals surface area contributed by atoms with Crippen molar-refractivity contribution in [1.82, 2.24) is 0 Å². The van der Waals surface area contributed by atoms with Gasteiger partial charge in [-0.3, -0.25) is 5.32 Å². The van der Waals surface area contributed by atoms with E-state index in [9.17, 15) is 4.79 Å². The average molecular weight is 351 g/mol. The summed E-state index contributed by atoms with van der Waals surface area (Å²) in [6.45, 7) is 5.81. The summed E-state index contributed by atoms with van der Waals surface area (Å²) in [5.41, 5.74) is 7.34. The van der Waals surface area contributed by atoms with E-state index in [2.05, 4.69) is 5.32 Å². The van der Waals surface area contributed by atoms with Crippen molar-refractivity contribution < 1.29 is 14.3 Å². The SMILES string of the molecule is CC(C)(C)OC(=O)Nc1ccc(N)cc1OCc1ccccc1.Cl. The molecule has 1 amide bonds. The number of carbonyl (C=O) groups excluding carboxylic acids is 1. The van der Waals surface area contributed by atoms with E-state index in [1.54, 1.807) is 18.2 Å². The lowest BCUT2D eigenvalue weighted by atomic mass is 10.2. The maximum atomic E-state index is 11.9. The lowest BCUT2D eigenvalue weighted by molar-refractivity contribution is 0.0635. The van der Waals surface area contributed by atoms with Gasteiger partial charge in [0.15, 0.2) is 0 Å². The van der Waals surface area contributed by atoms with E-state index in [1.807, 2.05) is 51.1 Å². The maximum Gasteiger partial charge on any atom is 0.412 e. The number of amides is 1. The zero-order valence-corrected chi connectivity index (χ0v) is 14.9. The molecule has 0 spiro atoms. The zero-order chi connectivity index (χ0) is 16.9. The lowest BCUT2D eigenvalue weighted by Gasteiger charge is -2.20. The third-order valence-corrected chi connectivity index (χ3v) is 2.88. The highest BCUT2D eigenvalue weighted by Gasteiger charge is 2.17. The Bertz CT molecular complexity index is 670. The molecule has 0 saturated carbocycles. The summed E-state index contributed by atoms with van der Waals surface area (Å²) in [7, 11) is 0. The molecule has 0 radical (unpaired) electrons. The van der Waals surface area contributed by atoms with Gasteiger partial charge >= 0.3 is 6.09 Å². The normalized spacial score (nSPS) is 10.5. The van der Waals surface area contributed by atoms with E-state index in [0.29, 0.717) is 23.7 Å². The molecule has 5 nitrogen and oxygen atoms in total. The Kier molecular flexibility index (Phi) is 6.92. The van der Waals surface area contributed by atoms with Crippen LogP contribution in [0.2, 0.25) is 0 Å². The van der Waals surface area contributed by atoms with Gasteiger partial charge in [0.25, 0.3) is 0 Å². The first-order chi connectivity index (χ1) is 10.8. The van der Waals surface area contributed by atoms with Crippen molar-refractivity contribution in [3.63, 3.8) is 0 Å². The number of rotatable bonds is 4. The molecule has 0 bridgehead atoms. The molecule has 0 unspecified atom stereocenters. The molecule has 2 aromatic carbocycles. The minimum Gasteiger partial charge on any atom is -0.487 e. The van der Waals surface area contributed by atoms with Gasteiger partial charge in [0.1, 0.15) is 18.0 Å². The fourth-order valence-electron chi connectivity index (χ4n) is 1.91. The molecule has 24 heavy (non-hydrogen) atoms. The summed E-state index contributed by atoms with van der Waals surface area (Å²) in [6.07, 6.45) is -0.535. The van der Waals surface area contributed by atoms with Gasteiger partial charge in [-0.1, -0.05) is 30.3 Å². The summed E-state index contributed by atoms with van der Waals surface area (Å²) in [4.78, 5) is 11.9. The molecule has 0 atom stereocenters. The highest BCUT2D eigenvalue weighted by atomic mass is 35.5. The van der Waals surface area contributed by atoms with Gasteiger partial charge in [-0.25, -0.2) is 4.79 Å². The van der Waals surface area contributed by atoms with Crippen LogP contribution in [0.25, 0.3) is 0 Å². The molecule has 0 aromatic heterocycles. The number of ether oxygens (including phenoxy) is 2. The maximum absolute atomic E-state index is 11.9. The number of nitrogen functional groups attached to an aromatic ring is 1. The molecule has 130 valence electrons. The first-order valence-corrected chi connectivity index (χ1v) is 7.40. The summed E-state index contributed by atoms with van der Waals surface area (Å²) in [5.74, 6) is 0.500. The fourth-order valence-corrected chi connectivity index (χ4v) is 1.91. The van der Waals surface area contributed by atoms with Crippen molar-refractivity contribution in [2.75, 3.05) is 11.1 Å². The van der Waals surface area contributed by atoms with Crippen molar-refractivity contribution >= 4 is 29.9 Å². The second-order valence-electron chi connectivity index (χ2n) is 6.16. The second-order valence-corrected chi connectivity index (χ2v) is 6.16. The predicted molar refractivity (Wildman–Crippen MR) is 98.7 cm³/mol. The Morgan fingerprint density at radius 1 is 1.12 bits per heavy atom. The van der Waals surface area contributed by atoms with Crippen LogP contribution >= 0.6 is 12.4 Å². The van der Waals surface area contributed by atoms with E-state index in [1.165, 1.54) is 0 Å². The van der Waals surface area contributed by atoms with E-state index in [-0.39, 0.29) is 12.4 Å². The minimum atomic E-state index is -0.567. The Morgan fingerprint density at radius 3 is 2.42 bits per heavy atom. The van der Waals surface area contributed by atoms with Gasteiger partial charge in [-0.2, -0.15) is 0 Å². The van der Waals surface area contributed by atoms with Gasteiger partial charge in [-0.05, 0) is 38.5 Å². The van der Waals surface area contributed by atoms with Crippen molar-refractivity contribution in [1.29, 1.82) is 0 Å². The van der Waals surface area contributed by atoms with Crippen molar-refractivity contribution in [2.24, 2.45) is 0 Å². The quantitative estimate of drug-likeness (QED) is 0.789. The average Bonchev–Trinajstić information content (AvgIpc) is 2.46. The van der Waals surface area contributed by atoms with E-state index < -0.39 is 11.7 Å². The first kappa shape index (κ1) is 19.6. The highest BCUT2D eigenvalue weighted by molar-refractivity contribution is 5.87. The topological polar surface area (TPSA) is 73.6 Å². The molecule has 2 rings (SSSR count). The molecule has 0 aliphatic carbocycles. The van der Waals surface area contributed by atoms with E-state index in [4.69, 9.17) is 15.2 Å². The molecule has 0 fully saturated rings. The lowest BCUT2D eigenvalue weighted by Crippen LogP contribution is -2.27. The summed E-state index contributed by atoms with van der Waals surface area (Å²) >= 11 is 0. The molecule has 2 aromatic rings. The molecule has 0 heterocycles. The Labute approximate surface area is 148 Å². The smallest absolute Gasteiger partial charge is 0.412 e. The van der Waals surface area contributed by atoms with Gasteiger partial charge < -0.3 is 15.2 Å². The summed E-state index contributed by atoms with van der Waals surface area (Å²) in [5, 5.41) is 2.69. The Morgan fingerprint density at radius 2 is 1.79 bits per heavy atom. The number of hydrogen-bond donors (Lipinski definition) is 2. The molecule has 0 aliphatic rings.